The molecule has 0 aliphatic rings. The van der Waals surface area contributed by atoms with Gasteiger partial charge in [0.05, 0.1) is 23.4 Å². The van der Waals surface area contributed by atoms with Gasteiger partial charge in [0.2, 0.25) is 0 Å². The first-order valence-corrected chi connectivity index (χ1v) is 5.99. The van der Waals surface area contributed by atoms with Crippen LogP contribution in [0, 0.1) is 0 Å². The van der Waals surface area contributed by atoms with Crippen molar-refractivity contribution in [2.75, 3.05) is 18.2 Å². The number of rotatable bonds is 3. The monoisotopic (exact) mass is 276 g/mol. The number of benzene rings is 2. The summed E-state index contributed by atoms with van der Waals surface area (Å²) in [4.78, 5) is 12.2. The predicted molar refractivity (Wildman–Crippen MR) is 76.8 cm³/mol. The Morgan fingerprint density at radius 2 is 2.00 bits per heavy atom. The van der Waals surface area contributed by atoms with Gasteiger partial charge < -0.3 is 15.8 Å². The Labute approximate surface area is 116 Å². The average molecular weight is 277 g/mol. The van der Waals surface area contributed by atoms with Crippen LogP contribution in [0.4, 0.5) is 11.4 Å². The minimum atomic E-state index is -0.322. The molecule has 0 aliphatic heterocycles. The molecule has 0 saturated heterocycles. The zero-order valence-corrected chi connectivity index (χ0v) is 11.1. The number of amides is 1. The van der Waals surface area contributed by atoms with Crippen LogP contribution in [0.15, 0.2) is 42.5 Å². The molecular weight excluding hydrogens is 264 g/mol. The number of carbonyl (C=O) groups is 1. The highest BCUT2D eigenvalue weighted by Gasteiger charge is 2.13. The first-order valence-electron chi connectivity index (χ1n) is 5.61. The van der Waals surface area contributed by atoms with Crippen molar-refractivity contribution < 1.29 is 9.53 Å². The molecule has 0 atom stereocenters. The molecule has 2 aromatic rings. The van der Waals surface area contributed by atoms with Crippen LogP contribution in [-0.4, -0.2) is 13.0 Å². The number of hydrogen-bond donors (Lipinski definition) is 2. The molecule has 0 fully saturated rings. The van der Waals surface area contributed by atoms with E-state index in [-0.39, 0.29) is 5.91 Å². The molecule has 0 aliphatic carbocycles. The van der Waals surface area contributed by atoms with Gasteiger partial charge in [-0.3, -0.25) is 4.79 Å². The molecule has 19 heavy (non-hydrogen) atoms. The summed E-state index contributed by atoms with van der Waals surface area (Å²) in [7, 11) is 1.50. The SMILES string of the molecule is COc1ccc(N)cc1C(=O)Nc1ccccc1Cl. The van der Waals surface area contributed by atoms with Crippen LogP contribution in [0.2, 0.25) is 5.02 Å². The maximum Gasteiger partial charge on any atom is 0.259 e. The first kappa shape index (κ1) is 13.2. The lowest BCUT2D eigenvalue weighted by Gasteiger charge is -2.10. The van der Waals surface area contributed by atoms with E-state index >= 15 is 0 Å². The fourth-order valence-corrected chi connectivity index (χ4v) is 1.84. The van der Waals surface area contributed by atoms with Gasteiger partial charge in [0.1, 0.15) is 5.75 Å². The number of nitrogens with two attached hydrogens (primary N) is 1. The quantitative estimate of drug-likeness (QED) is 0.846. The maximum atomic E-state index is 12.2. The second kappa shape index (κ2) is 5.63. The van der Waals surface area contributed by atoms with Crippen molar-refractivity contribution in [1.82, 2.24) is 0 Å². The fraction of sp³-hybridized carbons (Fsp3) is 0.0714. The molecule has 0 radical (unpaired) electrons. The van der Waals surface area contributed by atoms with Gasteiger partial charge in [-0.25, -0.2) is 0 Å². The Kier molecular flexibility index (Phi) is 3.92. The van der Waals surface area contributed by atoms with Crippen molar-refractivity contribution >= 4 is 28.9 Å². The Hall–Kier alpha value is -2.20. The van der Waals surface area contributed by atoms with E-state index in [1.54, 1.807) is 42.5 Å². The van der Waals surface area contributed by atoms with Gasteiger partial charge in [0, 0.05) is 5.69 Å². The molecule has 0 heterocycles. The average Bonchev–Trinajstić information content (AvgIpc) is 2.41. The van der Waals surface area contributed by atoms with Crippen molar-refractivity contribution in [1.29, 1.82) is 0 Å². The summed E-state index contributed by atoms with van der Waals surface area (Å²) in [5, 5.41) is 3.19. The van der Waals surface area contributed by atoms with Gasteiger partial charge in [0.15, 0.2) is 0 Å². The minimum Gasteiger partial charge on any atom is -0.496 e. The van der Waals surface area contributed by atoms with Gasteiger partial charge in [-0.2, -0.15) is 0 Å². The molecular formula is C14H13ClN2O2. The van der Waals surface area contributed by atoms with Gasteiger partial charge in [-0.05, 0) is 30.3 Å². The third kappa shape index (κ3) is 2.98. The van der Waals surface area contributed by atoms with Gasteiger partial charge in [0.25, 0.3) is 5.91 Å². The van der Waals surface area contributed by atoms with Crippen molar-refractivity contribution in [2.24, 2.45) is 0 Å². The van der Waals surface area contributed by atoms with Crippen molar-refractivity contribution in [2.45, 2.75) is 0 Å². The molecule has 3 N–H and O–H groups in total. The standard InChI is InChI=1S/C14H13ClN2O2/c1-19-13-7-6-9(16)8-10(13)14(18)17-12-5-3-2-4-11(12)15/h2-8H,16H2,1H3,(H,17,18). The Morgan fingerprint density at radius 1 is 1.26 bits per heavy atom. The number of halogens is 1. The highest BCUT2D eigenvalue weighted by Crippen LogP contribution is 2.25. The van der Waals surface area contributed by atoms with E-state index in [2.05, 4.69) is 5.32 Å². The van der Waals surface area contributed by atoms with E-state index in [4.69, 9.17) is 22.1 Å². The third-order valence-electron chi connectivity index (χ3n) is 2.59. The summed E-state index contributed by atoms with van der Waals surface area (Å²) in [6, 6.07) is 11.9. The zero-order chi connectivity index (χ0) is 13.8. The Morgan fingerprint density at radius 3 is 2.68 bits per heavy atom. The fourth-order valence-electron chi connectivity index (χ4n) is 1.66. The van der Waals surface area contributed by atoms with Crippen LogP contribution in [0.3, 0.4) is 0 Å². The highest BCUT2D eigenvalue weighted by atomic mass is 35.5. The van der Waals surface area contributed by atoms with Gasteiger partial charge >= 0.3 is 0 Å². The Bertz CT molecular complexity index is 614. The predicted octanol–water partition coefficient (Wildman–Crippen LogP) is 3.18. The van der Waals surface area contributed by atoms with E-state index in [9.17, 15) is 4.79 Å². The summed E-state index contributed by atoms with van der Waals surface area (Å²) >= 11 is 5.99. The normalized spacial score (nSPS) is 10.0. The largest absolute Gasteiger partial charge is 0.496 e. The molecule has 0 bridgehead atoms. The minimum absolute atomic E-state index is 0.322. The zero-order valence-electron chi connectivity index (χ0n) is 10.3. The van der Waals surface area contributed by atoms with E-state index < -0.39 is 0 Å². The van der Waals surface area contributed by atoms with E-state index in [1.165, 1.54) is 7.11 Å². The van der Waals surface area contributed by atoms with Crippen LogP contribution in [0.1, 0.15) is 10.4 Å². The van der Waals surface area contributed by atoms with Crippen LogP contribution in [0.5, 0.6) is 5.75 Å². The molecule has 1 amide bonds. The van der Waals surface area contributed by atoms with Crippen LogP contribution < -0.4 is 15.8 Å². The van der Waals surface area contributed by atoms with E-state index in [1.807, 2.05) is 0 Å². The lowest BCUT2D eigenvalue weighted by molar-refractivity contribution is 0.102. The number of methoxy groups -OCH3 is 1. The Balaban J connectivity index is 2.30. The van der Waals surface area contributed by atoms with E-state index in [0.717, 1.165) is 0 Å². The molecule has 98 valence electrons. The van der Waals surface area contributed by atoms with Gasteiger partial charge in [-0.1, -0.05) is 23.7 Å². The molecule has 2 rings (SSSR count). The number of hydrogen-bond acceptors (Lipinski definition) is 3. The lowest BCUT2D eigenvalue weighted by atomic mass is 10.1. The molecule has 0 aromatic heterocycles. The molecule has 0 spiro atoms. The number of ether oxygens (including phenoxy) is 1. The summed E-state index contributed by atoms with van der Waals surface area (Å²) < 4.78 is 5.14. The topological polar surface area (TPSA) is 64.3 Å². The van der Waals surface area contributed by atoms with Crippen LogP contribution in [-0.2, 0) is 0 Å². The highest BCUT2D eigenvalue weighted by molar-refractivity contribution is 6.33. The number of para-hydroxylation sites is 1. The van der Waals surface area contributed by atoms with Crippen molar-refractivity contribution in [3.63, 3.8) is 0 Å². The second-order valence-electron chi connectivity index (χ2n) is 3.89. The van der Waals surface area contributed by atoms with Crippen LogP contribution >= 0.6 is 11.6 Å². The first-order chi connectivity index (χ1) is 9.11. The molecule has 0 unspecified atom stereocenters. The summed E-state index contributed by atoms with van der Waals surface area (Å²) in [6.07, 6.45) is 0. The summed E-state index contributed by atoms with van der Waals surface area (Å²) in [5.74, 6) is 0.135. The van der Waals surface area contributed by atoms with Gasteiger partial charge in [-0.15, -0.1) is 0 Å². The lowest BCUT2D eigenvalue weighted by Crippen LogP contribution is -2.13. The van der Waals surface area contributed by atoms with Crippen molar-refractivity contribution in [3.05, 3.63) is 53.1 Å². The third-order valence-corrected chi connectivity index (χ3v) is 2.92. The van der Waals surface area contributed by atoms with Crippen molar-refractivity contribution in [3.8, 4) is 5.75 Å². The smallest absolute Gasteiger partial charge is 0.259 e. The molecule has 4 nitrogen and oxygen atoms in total. The molecule has 5 heteroatoms. The summed E-state index contributed by atoms with van der Waals surface area (Å²) in [6.45, 7) is 0. The number of nitrogen functional groups attached to an aromatic ring is 1. The maximum absolute atomic E-state index is 12.2. The summed E-state index contributed by atoms with van der Waals surface area (Å²) in [5.41, 5.74) is 7.08. The second-order valence-corrected chi connectivity index (χ2v) is 4.30. The van der Waals surface area contributed by atoms with Crippen LogP contribution in [0.25, 0.3) is 0 Å². The number of carbonyl (C=O) groups excluding carboxylic acids is 1. The molecule has 2 aromatic carbocycles. The number of anilines is 2. The van der Waals surface area contributed by atoms with E-state index in [0.29, 0.717) is 27.7 Å². The molecule has 0 saturated carbocycles. The number of nitrogens with one attached hydrogen (secondary N) is 1.